The van der Waals surface area contributed by atoms with E-state index in [0.717, 1.165) is 47.1 Å². The van der Waals surface area contributed by atoms with Crippen molar-refractivity contribution in [3.05, 3.63) is 66.5 Å². The highest BCUT2D eigenvalue weighted by Gasteiger charge is 2.28. The normalized spacial score (nSPS) is 14.3. The van der Waals surface area contributed by atoms with Crippen molar-refractivity contribution >= 4 is 26.6 Å². The third kappa shape index (κ3) is 3.85. The lowest BCUT2D eigenvalue weighted by Gasteiger charge is -2.06. The van der Waals surface area contributed by atoms with Gasteiger partial charge in [-0.05, 0) is 61.1 Å². The van der Waals surface area contributed by atoms with Crippen LogP contribution in [-0.4, -0.2) is 28.9 Å². The van der Waals surface area contributed by atoms with Gasteiger partial charge in [0.05, 0.1) is 22.8 Å². The second kappa shape index (κ2) is 7.32. The second-order valence-corrected chi connectivity index (χ2v) is 9.72. The summed E-state index contributed by atoms with van der Waals surface area (Å²) in [5.74, 6) is 0.499. The zero-order chi connectivity index (χ0) is 20.7. The molecule has 0 aliphatic heterocycles. The van der Waals surface area contributed by atoms with E-state index >= 15 is 0 Å². The third-order valence-electron chi connectivity index (χ3n) is 5.59. The highest BCUT2D eigenvalue weighted by Crippen LogP contribution is 2.33. The van der Waals surface area contributed by atoms with Gasteiger partial charge in [-0.25, -0.2) is 13.1 Å². The Balaban J connectivity index is 1.44. The number of nitrogens with one attached hydrogen (secondary N) is 2. The second-order valence-electron chi connectivity index (χ2n) is 7.96. The van der Waals surface area contributed by atoms with Crippen molar-refractivity contribution in [1.82, 2.24) is 14.8 Å². The minimum atomic E-state index is -3.34. The maximum absolute atomic E-state index is 12.4. The molecule has 1 aliphatic rings. The molecule has 2 aromatic heterocycles. The zero-order valence-electron chi connectivity index (χ0n) is 16.8. The van der Waals surface area contributed by atoms with E-state index in [1.807, 2.05) is 35.1 Å². The van der Waals surface area contributed by atoms with Crippen molar-refractivity contribution in [2.75, 3.05) is 10.5 Å². The lowest BCUT2D eigenvalue weighted by Crippen LogP contribution is -2.17. The molecule has 1 aliphatic carbocycles. The summed E-state index contributed by atoms with van der Waals surface area (Å²) in [5.41, 5.74) is 5.55. The number of hydrogen-bond acceptors (Lipinski definition) is 3. The first-order valence-electron chi connectivity index (χ1n) is 10.3. The van der Waals surface area contributed by atoms with Crippen LogP contribution in [0.5, 0.6) is 0 Å². The van der Waals surface area contributed by atoms with Crippen LogP contribution in [0, 0.1) is 5.92 Å². The largest absolute Gasteiger partial charge is 0.359 e. The molecule has 2 N–H and O–H groups in total. The first-order valence-corrected chi connectivity index (χ1v) is 11.9. The highest BCUT2D eigenvalue weighted by atomic mass is 32.2. The molecular weight excluding hydrogens is 396 g/mol. The van der Waals surface area contributed by atoms with Crippen molar-refractivity contribution in [1.29, 1.82) is 0 Å². The number of rotatable bonds is 7. The first-order chi connectivity index (χ1) is 14.5. The minimum absolute atomic E-state index is 0.195. The van der Waals surface area contributed by atoms with Crippen molar-refractivity contribution in [2.45, 2.75) is 26.2 Å². The summed E-state index contributed by atoms with van der Waals surface area (Å²) in [6.45, 7) is 2.14. The molecule has 0 atom stereocenters. The summed E-state index contributed by atoms with van der Waals surface area (Å²) in [6.07, 6.45) is 6.67. The fraction of sp³-hybridized carbons (Fsp3) is 0.261. The van der Waals surface area contributed by atoms with Gasteiger partial charge in [-0.15, -0.1) is 0 Å². The molecule has 0 unspecified atom stereocenters. The maximum Gasteiger partial charge on any atom is 0.233 e. The van der Waals surface area contributed by atoms with Crippen molar-refractivity contribution in [2.24, 2.45) is 5.92 Å². The summed E-state index contributed by atoms with van der Waals surface area (Å²) >= 11 is 0. The van der Waals surface area contributed by atoms with Gasteiger partial charge in [0.25, 0.3) is 0 Å². The number of aryl methyl sites for hydroxylation is 1. The lowest BCUT2D eigenvalue weighted by molar-refractivity contribution is 0.597. The average Bonchev–Trinajstić information content (AvgIpc) is 3.26. The quantitative estimate of drug-likeness (QED) is 0.453. The predicted molar refractivity (Wildman–Crippen MR) is 120 cm³/mol. The molecule has 5 rings (SSSR count). The van der Waals surface area contributed by atoms with E-state index < -0.39 is 10.0 Å². The number of benzene rings is 2. The predicted octanol–water partition coefficient (Wildman–Crippen LogP) is 4.73. The van der Waals surface area contributed by atoms with Gasteiger partial charge in [0, 0.05) is 28.9 Å². The molecule has 1 fully saturated rings. The molecule has 0 radical (unpaired) electrons. The number of anilines is 1. The molecule has 0 spiro atoms. The van der Waals surface area contributed by atoms with Gasteiger partial charge in [-0.3, -0.25) is 4.72 Å². The van der Waals surface area contributed by atoms with Gasteiger partial charge in [0.1, 0.15) is 0 Å². The van der Waals surface area contributed by atoms with E-state index in [2.05, 4.69) is 40.9 Å². The molecule has 1 saturated carbocycles. The van der Waals surface area contributed by atoms with Crippen LogP contribution in [-0.2, 0) is 16.4 Å². The molecule has 0 bridgehead atoms. The molecule has 30 heavy (non-hydrogen) atoms. The standard InChI is InChI=1S/C23H24N4O2S/c1-2-16-5-8-19(9-6-16)27-12-11-21(25-27)18-7-10-22-20(13-18)23(14-24-22)26-30(28,29)15-17-3-4-17/h5-14,17,24,26H,2-4,15H2,1H3. The number of hydrogen-bond donors (Lipinski definition) is 2. The Kier molecular flexibility index (Phi) is 4.62. The van der Waals surface area contributed by atoms with Crippen LogP contribution in [0.1, 0.15) is 25.3 Å². The fourth-order valence-corrected chi connectivity index (χ4v) is 5.22. The number of H-pyrrole nitrogens is 1. The highest BCUT2D eigenvalue weighted by molar-refractivity contribution is 7.92. The van der Waals surface area contributed by atoms with Gasteiger partial charge in [0.2, 0.25) is 10.0 Å². The van der Waals surface area contributed by atoms with E-state index in [4.69, 9.17) is 5.10 Å². The number of fused-ring (bicyclic) bond motifs is 1. The molecular formula is C23H24N4O2S. The van der Waals surface area contributed by atoms with Crippen LogP contribution in [0.25, 0.3) is 27.8 Å². The van der Waals surface area contributed by atoms with Crippen LogP contribution in [0.2, 0.25) is 0 Å². The summed E-state index contributed by atoms with van der Waals surface area (Å²) in [6, 6.07) is 16.3. The molecule has 2 heterocycles. The van der Waals surface area contributed by atoms with Crippen molar-refractivity contribution in [3.63, 3.8) is 0 Å². The van der Waals surface area contributed by atoms with E-state index in [0.29, 0.717) is 11.6 Å². The Morgan fingerprint density at radius 2 is 1.93 bits per heavy atom. The molecule has 154 valence electrons. The van der Waals surface area contributed by atoms with Gasteiger partial charge < -0.3 is 4.98 Å². The van der Waals surface area contributed by atoms with E-state index in [1.54, 1.807) is 6.20 Å². The number of sulfonamides is 1. The smallest absolute Gasteiger partial charge is 0.233 e. The Bertz CT molecular complexity index is 1300. The zero-order valence-corrected chi connectivity index (χ0v) is 17.6. The minimum Gasteiger partial charge on any atom is -0.359 e. The van der Waals surface area contributed by atoms with Crippen molar-refractivity contribution < 1.29 is 8.42 Å². The SMILES string of the molecule is CCc1ccc(-n2ccc(-c3ccc4[nH]cc(NS(=O)(=O)CC5CC5)c4c3)n2)cc1. The first kappa shape index (κ1) is 18.9. The van der Waals surface area contributed by atoms with E-state index in [1.165, 1.54) is 5.56 Å². The number of aromatic amines is 1. The topological polar surface area (TPSA) is 79.8 Å². The van der Waals surface area contributed by atoms with Gasteiger partial charge in [-0.1, -0.05) is 25.1 Å². The van der Waals surface area contributed by atoms with E-state index in [-0.39, 0.29) is 5.75 Å². The van der Waals surface area contributed by atoms with Crippen LogP contribution in [0.4, 0.5) is 5.69 Å². The fourth-order valence-electron chi connectivity index (χ4n) is 3.67. The van der Waals surface area contributed by atoms with Crippen molar-refractivity contribution in [3.8, 4) is 16.9 Å². The summed E-state index contributed by atoms with van der Waals surface area (Å²) in [7, 11) is -3.34. The third-order valence-corrected chi connectivity index (χ3v) is 7.03. The van der Waals surface area contributed by atoms with Crippen LogP contribution < -0.4 is 4.72 Å². The molecule has 0 saturated heterocycles. The maximum atomic E-state index is 12.4. The Hall–Kier alpha value is -3.06. The lowest BCUT2D eigenvalue weighted by atomic mass is 10.1. The number of nitrogens with zero attached hydrogens (tertiary/aromatic N) is 2. The summed E-state index contributed by atoms with van der Waals surface area (Å²) in [5, 5.41) is 5.56. The molecule has 2 aromatic carbocycles. The Morgan fingerprint density at radius 1 is 1.13 bits per heavy atom. The van der Waals surface area contributed by atoms with Gasteiger partial charge >= 0.3 is 0 Å². The molecule has 6 nitrogen and oxygen atoms in total. The van der Waals surface area contributed by atoms with Crippen LogP contribution in [0.15, 0.2) is 60.9 Å². The van der Waals surface area contributed by atoms with Gasteiger partial charge in [-0.2, -0.15) is 5.10 Å². The molecule has 7 heteroatoms. The average molecular weight is 421 g/mol. The Labute approximate surface area is 176 Å². The summed E-state index contributed by atoms with van der Waals surface area (Å²) < 4.78 is 29.4. The Morgan fingerprint density at radius 3 is 2.67 bits per heavy atom. The molecule has 0 amide bonds. The molecule has 4 aromatic rings. The van der Waals surface area contributed by atoms with E-state index in [9.17, 15) is 8.42 Å². The van der Waals surface area contributed by atoms with Crippen LogP contribution >= 0.6 is 0 Å². The van der Waals surface area contributed by atoms with Crippen LogP contribution in [0.3, 0.4) is 0 Å². The summed E-state index contributed by atoms with van der Waals surface area (Å²) in [4.78, 5) is 3.15. The monoisotopic (exact) mass is 420 g/mol. The van der Waals surface area contributed by atoms with Gasteiger partial charge in [0.15, 0.2) is 0 Å². The number of aromatic nitrogens is 3.